The number of rotatable bonds is 3. The molecule has 0 heterocycles. The van der Waals surface area contributed by atoms with Gasteiger partial charge in [0.1, 0.15) is 5.17 Å². The highest BCUT2D eigenvalue weighted by Gasteiger charge is 1.84. The van der Waals surface area contributed by atoms with Gasteiger partial charge in [0, 0.05) is 6.61 Å². The van der Waals surface area contributed by atoms with Crippen molar-refractivity contribution in [3.63, 3.8) is 0 Å². The SMILES string of the molecule is CCOCC(=N)Cl. The Morgan fingerprint density at radius 2 is 2.43 bits per heavy atom. The van der Waals surface area contributed by atoms with Gasteiger partial charge in [0.15, 0.2) is 0 Å². The van der Waals surface area contributed by atoms with Gasteiger partial charge >= 0.3 is 0 Å². The van der Waals surface area contributed by atoms with Gasteiger partial charge in [-0.25, -0.2) is 0 Å². The predicted molar refractivity (Wildman–Crippen MR) is 30.1 cm³/mol. The van der Waals surface area contributed by atoms with Crippen molar-refractivity contribution in [1.82, 2.24) is 0 Å². The van der Waals surface area contributed by atoms with Gasteiger partial charge in [0.25, 0.3) is 0 Å². The van der Waals surface area contributed by atoms with Gasteiger partial charge in [0.05, 0.1) is 6.61 Å². The molecule has 0 bridgehead atoms. The van der Waals surface area contributed by atoms with Gasteiger partial charge in [-0.05, 0) is 6.92 Å². The summed E-state index contributed by atoms with van der Waals surface area (Å²) in [6.07, 6.45) is 0. The van der Waals surface area contributed by atoms with Gasteiger partial charge in [-0.2, -0.15) is 0 Å². The molecule has 0 aromatic rings. The molecule has 0 fully saturated rings. The lowest BCUT2D eigenvalue weighted by atomic mass is 10.8. The Hall–Kier alpha value is -0.0800. The lowest BCUT2D eigenvalue weighted by Crippen LogP contribution is -1.98. The minimum absolute atomic E-state index is 0.0573. The normalized spacial score (nSPS) is 8.86. The lowest BCUT2D eigenvalue weighted by Gasteiger charge is -1.92. The molecule has 0 saturated carbocycles. The van der Waals surface area contributed by atoms with Crippen molar-refractivity contribution in [3.05, 3.63) is 0 Å². The maximum Gasteiger partial charge on any atom is 0.123 e. The molecule has 0 atom stereocenters. The zero-order valence-electron chi connectivity index (χ0n) is 4.20. The monoisotopic (exact) mass is 121 g/mol. The highest BCUT2D eigenvalue weighted by Crippen LogP contribution is 1.80. The molecule has 2 nitrogen and oxygen atoms in total. The Balaban J connectivity index is 2.82. The molecular formula is C4H8ClNO. The highest BCUT2D eigenvalue weighted by atomic mass is 35.5. The van der Waals surface area contributed by atoms with Crippen molar-refractivity contribution >= 4 is 16.8 Å². The van der Waals surface area contributed by atoms with Crippen molar-refractivity contribution in [3.8, 4) is 0 Å². The Labute approximate surface area is 47.9 Å². The third-order valence-corrected chi connectivity index (χ3v) is 0.542. The molecule has 0 aromatic carbocycles. The van der Waals surface area contributed by atoms with Crippen LogP contribution in [0.2, 0.25) is 0 Å². The summed E-state index contributed by atoms with van der Waals surface area (Å²) in [5, 5.41) is 6.70. The van der Waals surface area contributed by atoms with Gasteiger partial charge in [-0.15, -0.1) is 0 Å². The smallest absolute Gasteiger partial charge is 0.123 e. The van der Waals surface area contributed by atoms with E-state index in [1.807, 2.05) is 6.92 Å². The molecule has 7 heavy (non-hydrogen) atoms. The van der Waals surface area contributed by atoms with Gasteiger partial charge < -0.3 is 4.74 Å². The largest absolute Gasteiger partial charge is 0.375 e. The molecule has 0 aliphatic heterocycles. The molecule has 0 saturated heterocycles. The molecule has 0 unspecified atom stereocenters. The van der Waals surface area contributed by atoms with Crippen molar-refractivity contribution in [2.24, 2.45) is 0 Å². The summed E-state index contributed by atoms with van der Waals surface area (Å²) in [6, 6.07) is 0. The van der Waals surface area contributed by atoms with Crippen LogP contribution in [0.1, 0.15) is 6.92 Å². The minimum Gasteiger partial charge on any atom is -0.375 e. The average molecular weight is 122 g/mol. The van der Waals surface area contributed by atoms with E-state index in [1.165, 1.54) is 0 Å². The lowest BCUT2D eigenvalue weighted by molar-refractivity contribution is 0.188. The molecule has 42 valence electrons. The van der Waals surface area contributed by atoms with E-state index in [4.69, 9.17) is 21.7 Å². The van der Waals surface area contributed by atoms with Crippen molar-refractivity contribution < 1.29 is 4.74 Å². The van der Waals surface area contributed by atoms with Crippen LogP contribution in [-0.4, -0.2) is 18.4 Å². The van der Waals surface area contributed by atoms with E-state index in [1.54, 1.807) is 0 Å². The van der Waals surface area contributed by atoms with Crippen molar-refractivity contribution in [2.75, 3.05) is 13.2 Å². The zero-order valence-corrected chi connectivity index (χ0v) is 4.96. The molecule has 0 aromatic heterocycles. The zero-order chi connectivity index (χ0) is 5.70. The molecule has 0 radical (unpaired) electrons. The quantitative estimate of drug-likeness (QED) is 0.560. The van der Waals surface area contributed by atoms with Gasteiger partial charge in [-0.1, -0.05) is 11.6 Å². The van der Waals surface area contributed by atoms with Crippen LogP contribution in [0, 0.1) is 5.41 Å². The maximum atomic E-state index is 6.64. The van der Waals surface area contributed by atoms with Crippen LogP contribution in [0.5, 0.6) is 0 Å². The number of hydrogen-bond acceptors (Lipinski definition) is 2. The summed E-state index contributed by atoms with van der Waals surface area (Å²) in [5.41, 5.74) is 0. The molecule has 3 heteroatoms. The van der Waals surface area contributed by atoms with Gasteiger partial charge in [-0.3, -0.25) is 5.41 Å². The molecule has 0 aliphatic carbocycles. The van der Waals surface area contributed by atoms with E-state index in [0.29, 0.717) is 6.61 Å². The first-order chi connectivity index (χ1) is 3.27. The number of hydrogen-bond donors (Lipinski definition) is 1. The van der Waals surface area contributed by atoms with E-state index in [0.717, 1.165) is 0 Å². The fraction of sp³-hybridized carbons (Fsp3) is 0.750. The minimum atomic E-state index is 0.0573. The second-order valence-corrected chi connectivity index (χ2v) is 1.50. The van der Waals surface area contributed by atoms with Crippen LogP contribution in [0.15, 0.2) is 0 Å². The number of nitrogens with one attached hydrogen (secondary N) is 1. The van der Waals surface area contributed by atoms with E-state index in [9.17, 15) is 0 Å². The van der Waals surface area contributed by atoms with Crippen LogP contribution in [0.25, 0.3) is 0 Å². The van der Waals surface area contributed by atoms with Gasteiger partial charge in [0.2, 0.25) is 0 Å². The van der Waals surface area contributed by atoms with E-state index in [2.05, 4.69) is 0 Å². The van der Waals surface area contributed by atoms with E-state index >= 15 is 0 Å². The Morgan fingerprint density at radius 3 is 2.57 bits per heavy atom. The summed E-state index contributed by atoms with van der Waals surface area (Å²) in [4.78, 5) is 0. The third kappa shape index (κ3) is 5.92. The molecule has 0 amide bonds. The molecule has 0 rings (SSSR count). The van der Waals surface area contributed by atoms with Crippen LogP contribution < -0.4 is 0 Å². The first kappa shape index (κ1) is 6.92. The molecular weight excluding hydrogens is 114 g/mol. The van der Waals surface area contributed by atoms with Crippen LogP contribution >= 0.6 is 11.6 Å². The molecule has 1 N–H and O–H groups in total. The van der Waals surface area contributed by atoms with Crippen LogP contribution in [0.4, 0.5) is 0 Å². The fourth-order valence-corrected chi connectivity index (χ4v) is 0.269. The summed E-state index contributed by atoms with van der Waals surface area (Å²) >= 11 is 5.11. The Morgan fingerprint density at radius 1 is 1.86 bits per heavy atom. The number of halogens is 1. The first-order valence-corrected chi connectivity index (χ1v) is 2.45. The molecule has 0 spiro atoms. The maximum absolute atomic E-state index is 6.64. The standard InChI is InChI=1S/C4H8ClNO/c1-2-7-3-4(5)6/h6H,2-3H2,1H3. The average Bonchev–Trinajstić information content (AvgIpc) is 1.61. The highest BCUT2D eigenvalue weighted by molar-refractivity contribution is 6.64. The summed E-state index contributed by atoms with van der Waals surface area (Å²) < 4.78 is 4.74. The molecule has 0 aliphatic rings. The third-order valence-electron chi connectivity index (χ3n) is 0.433. The van der Waals surface area contributed by atoms with Crippen molar-refractivity contribution in [1.29, 1.82) is 5.41 Å². The Kier molecular flexibility index (Phi) is 4.04. The first-order valence-electron chi connectivity index (χ1n) is 2.08. The van der Waals surface area contributed by atoms with Crippen LogP contribution in [0.3, 0.4) is 0 Å². The second kappa shape index (κ2) is 4.09. The second-order valence-electron chi connectivity index (χ2n) is 1.04. The van der Waals surface area contributed by atoms with E-state index in [-0.39, 0.29) is 11.8 Å². The van der Waals surface area contributed by atoms with Crippen LogP contribution in [-0.2, 0) is 4.74 Å². The topological polar surface area (TPSA) is 33.1 Å². The Bertz CT molecular complexity index is 64.7. The summed E-state index contributed by atoms with van der Waals surface area (Å²) in [7, 11) is 0. The van der Waals surface area contributed by atoms with E-state index < -0.39 is 0 Å². The van der Waals surface area contributed by atoms with Crippen molar-refractivity contribution in [2.45, 2.75) is 6.92 Å². The summed E-state index contributed by atoms with van der Waals surface area (Å²) in [6.45, 7) is 2.73. The fourth-order valence-electron chi connectivity index (χ4n) is 0.192. The summed E-state index contributed by atoms with van der Waals surface area (Å²) in [5.74, 6) is 0. The number of ether oxygens (including phenoxy) is 1. The predicted octanol–water partition coefficient (Wildman–Crippen LogP) is 1.24.